The van der Waals surface area contributed by atoms with Crippen LogP contribution in [0.5, 0.6) is 5.75 Å². The van der Waals surface area contributed by atoms with E-state index in [0.717, 1.165) is 22.1 Å². The van der Waals surface area contributed by atoms with Gasteiger partial charge >= 0.3 is 0 Å². The maximum absolute atomic E-state index is 13.4. The van der Waals surface area contributed by atoms with E-state index in [0.29, 0.717) is 23.1 Å². The summed E-state index contributed by atoms with van der Waals surface area (Å²) in [5.41, 5.74) is 3.08. The molecule has 0 spiro atoms. The molecule has 0 aliphatic rings. The Bertz CT molecular complexity index is 1120. The molecule has 0 saturated carbocycles. The number of nitrogens with zero attached hydrogens (tertiary/aromatic N) is 3. The minimum atomic E-state index is -0.152. The van der Waals surface area contributed by atoms with Crippen molar-refractivity contribution in [1.29, 1.82) is 0 Å². The fourth-order valence-corrected chi connectivity index (χ4v) is 4.23. The molecule has 0 atom stereocenters. The van der Waals surface area contributed by atoms with E-state index < -0.39 is 0 Å². The number of hydrogen-bond donors (Lipinski definition) is 0. The van der Waals surface area contributed by atoms with Crippen molar-refractivity contribution < 1.29 is 9.53 Å². The number of aromatic nitrogens is 2. The maximum Gasteiger partial charge on any atom is 0.264 e. The number of benzene rings is 2. The fourth-order valence-electron chi connectivity index (χ4n) is 2.82. The lowest BCUT2D eigenvalue weighted by Crippen LogP contribution is -2.25. The molecule has 7 heteroatoms. The smallest absolute Gasteiger partial charge is 0.264 e. The van der Waals surface area contributed by atoms with Crippen LogP contribution in [0.2, 0.25) is 0 Å². The zero-order valence-electron chi connectivity index (χ0n) is 16.0. The quantitative estimate of drug-likeness (QED) is 0.396. The van der Waals surface area contributed by atoms with Crippen molar-refractivity contribution in [3.05, 3.63) is 87.3 Å². The molecule has 0 bridgehead atoms. The van der Waals surface area contributed by atoms with Gasteiger partial charge in [-0.15, -0.1) is 22.7 Å². The number of para-hydroxylation sites is 1. The minimum absolute atomic E-state index is 0.152. The van der Waals surface area contributed by atoms with Gasteiger partial charge in [-0.25, -0.2) is 9.97 Å². The molecule has 0 fully saturated rings. The second-order valence-corrected chi connectivity index (χ2v) is 8.32. The normalized spacial score (nSPS) is 10.7. The summed E-state index contributed by atoms with van der Waals surface area (Å²) in [6.07, 6.45) is 0. The SMILES string of the molecule is Cc1csc(N(C(=O)c2cccc(OCc3csc(C)n3)c2)c2ccccc2)n1. The van der Waals surface area contributed by atoms with E-state index in [2.05, 4.69) is 9.97 Å². The number of amides is 1. The van der Waals surface area contributed by atoms with Crippen LogP contribution in [0.1, 0.15) is 26.8 Å². The van der Waals surface area contributed by atoms with Crippen LogP contribution in [-0.2, 0) is 6.61 Å². The van der Waals surface area contributed by atoms with Gasteiger partial charge in [-0.2, -0.15) is 0 Å². The first-order valence-electron chi connectivity index (χ1n) is 9.05. The van der Waals surface area contributed by atoms with Crippen molar-refractivity contribution in [2.45, 2.75) is 20.5 Å². The molecular formula is C22H19N3O2S2. The van der Waals surface area contributed by atoms with Crippen molar-refractivity contribution in [2.75, 3.05) is 4.90 Å². The summed E-state index contributed by atoms with van der Waals surface area (Å²) in [6, 6.07) is 16.8. The van der Waals surface area contributed by atoms with Crippen LogP contribution in [0.25, 0.3) is 0 Å². The summed E-state index contributed by atoms with van der Waals surface area (Å²) >= 11 is 3.04. The fraction of sp³-hybridized carbons (Fsp3) is 0.136. The van der Waals surface area contributed by atoms with E-state index in [4.69, 9.17) is 4.74 Å². The van der Waals surface area contributed by atoms with Crippen molar-refractivity contribution in [1.82, 2.24) is 9.97 Å². The number of hydrogen-bond acceptors (Lipinski definition) is 6. The molecule has 0 unspecified atom stereocenters. The standard InChI is InChI=1S/C22H19N3O2S2/c1-15-13-29-22(23-15)25(19-8-4-3-5-9-19)21(26)17-7-6-10-20(11-17)27-12-18-14-28-16(2)24-18/h3-11,13-14H,12H2,1-2H3. The summed E-state index contributed by atoms with van der Waals surface area (Å²) < 4.78 is 5.85. The second kappa shape index (κ2) is 8.55. The van der Waals surface area contributed by atoms with Gasteiger partial charge in [0.15, 0.2) is 5.13 Å². The van der Waals surface area contributed by atoms with Gasteiger partial charge in [-0.1, -0.05) is 24.3 Å². The molecule has 0 aliphatic carbocycles. The Labute approximate surface area is 177 Å². The van der Waals surface area contributed by atoms with Gasteiger partial charge in [0, 0.05) is 16.3 Å². The number of rotatable bonds is 6. The largest absolute Gasteiger partial charge is 0.487 e. The van der Waals surface area contributed by atoms with E-state index in [1.807, 2.05) is 67.1 Å². The van der Waals surface area contributed by atoms with Gasteiger partial charge in [0.25, 0.3) is 5.91 Å². The van der Waals surface area contributed by atoms with Gasteiger partial charge in [0.05, 0.1) is 22.1 Å². The molecule has 2 aromatic carbocycles. The van der Waals surface area contributed by atoms with Crippen molar-refractivity contribution >= 4 is 39.4 Å². The van der Waals surface area contributed by atoms with Crippen molar-refractivity contribution in [2.24, 2.45) is 0 Å². The summed E-state index contributed by atoms with van der Waals surface area (Å²) in [5, 5.41) is 5.56. The number of ether oxygens (including phenoxy) is 1. The van der Waals surface area contributed by atoms with Gasteiger partial charge in [-0.05, 0) is 44.2 Å². The van der Waals surface area contributed by atoms with E-state index >= 15 is 0 Å². The number of carbonyl (C=O) groups excluding carboxylic acids is 1. The lowest BCUT2D eigenvalue weighted by Gasteiger charge is -2.20. The lowest BCUT2D eigenvalue weighted by molar-refractivity contribution is 0.0998. The molecule has 1 amide bonds. The van der Waals surface area contributed by atoms with Gasteiger partial charge in [0.2, 0.25) is 0 Å². The number of carbonyl (C=O) groups is 1. The van der Waals surface area contributed by atoms with Crippen molar-refractivity contribution in [3.63, 3.8) is 0 Å². The average Bonchev–Trinajstić information content (AvgIpc) is 3.35. The molecule has 0 aliphatic heterocycles. The third-order valence-electron chi connectivity index (χ3n) is 4.15. The monoisotopic (exact) mass is 421 g/mol. The lowest BCUT2D eigenvalue weighted by atomic mass is 10.1. The first-order valence-corrected chi connectivity index (χ1v) is 10.8. The maximum atomic E-state index is 13.4. The third kappa shape index (κ3) is 4.52. The van der Waals surface area contributed by atoms with E-state index in [9.17, 15) is 4.79 Å². The molecule has 2 aromatic heterocycles. The Balaban J connectivity index is 1.60. The molecule has 5 nitrogen and oxygen atoms in total. The van der Waals surface area contributed by atoms with Gasteiger partial charge in [0.1, 0.15) is 12.4 Å². The third-order valence-corrected chi connectivity index (χ3v) is 5.92. The number of aryl methyl sites for hydroxylation is 2. The predicted octanol–water partition coefficient (Wildman–Crippen LogP) is 5.77. The highest BCUT2D eigenvalue weighted by Crippen LogP contribution is 2.31. The number of thiazole rings is 2. The van der Waals surface area contributed by atoms with Gasteiger partial charge in [-0.3, -0.25) is 9.69 Å². The van der Waals surface area contributed by atoms with E-state index in [-0.39, 0.29) is 5.91 Å². The molecule has 0 radical (unpaired) electrons. The Hall–Kier alpha value is -3.03. The Kier molecular flexibility index (Phi) is 5.69. The van der Waals surface area contributed by atoms with E-state index in [1.54, 1.807) is 28.4 Å². The van der Waals surface area contributed by atoms with Gasteiger partial charge < -0.3 is 4.74 Å². The Morgan fingerprint density at radius 2 is 1.83 bits per heavy atom. The summed E-state index contributed by atoms with van der Waals surface area (Å²) in [7, 11) is 0. The van der Waals surface area contributed by atoms with E-state index in [1.165, 1.54) is 11.3 Å². The van der Waals surface area contributed by atoms with Crippen LogP contribution in [0.4, 0.5) is 10.8 Å². The average molecular weight is 422 g/mol. The highest BCUT2D eigenvalue weighted by atomic mass is 32.1. The Morgan fingerprint density at radius 3 is 2.52 bits per heavy atom. The Morgan fingerprint density at radius 1 is 1.00 bits per heavy atom. The highest BCUT2D eigenvalue weighted by Gasteiger charge is 2.22. The molecule has 0 N–H and O–H groups in total. The van der Waals surface area contributed by atoms with Crippen LogP contribution in [-0.4, -0.2) is 15.9 Å². The number of anilines is 2. The molecule has 146 valence electrons. The zero-order valence-corrected chi connectivity index (χ0v) is 17.7. The van der Waals surface area contributed by atoms with Crippen LogP contribution < -0.4 is 9.64 Å². The molecule has 4 aromatic rings. The zero-order chi connectivity index (χ0) is 20.2. The van der Waals surface area contributed by atoms with Crippen LogP contribution in [0, 0.1) is 13.8 Å². The molecule has 4 rings (SSSR count). The predicted molar refractivity (Wildman–Crippen MR) is 117 cm³/mol. The molecule has 2 heterocycles. The second-order valence-electron chi connectivity index (χ2n) is 6.42. The first kappa shape index (κ1) is 19.3. The minimum Gasteiger partial charge on any atom is -0.487 e. The molecule has 29 heavy (non-hydrogen) atoms. The summed E-state index contributed by atoms with van der Waals surface area (Å²) in [4.78, 5) is 24.0. The van der Waals surface area contributed by atoms with Crippen LogP contribution in [0.3, 0.4) is 0 Å². The van der Waals surface area contributed by atoms with Crippen LogP contribution >= 0.6 is 22.7 Å². The molecule has 0 saturated heterocycles. The summed E-state index contributed by atoms with van der Waals surface area (Å²) in [6.45, 7) is 4.25. The van der Waals surface area contributed by atoms with Crippen molar-refractivity contribution in [3.8, 4) is 5.75 Å². The summed E-state index contributed by atoms with van der Waals surface area (Å²) in [5.74, 6) is 0.477. The first-order chi connectivity index (χ1) is 14.1. The van der Waals surface area contributed by atoms with Crippen LogP contribution in [0.15, 0.2) is 65.4 Å². The molecular weight excluding hydrogens is 402 g/mol. The topological polar surface area (TPSA) is 55.3 Å². The highest BCUT2D eigenvalue weighted by molar-refractivity contribution is 7.14.